The minimum Gasteiger partial charge on any atom is -0.310 e. The molecule has 1 heterocycles. The molecular weight excluding hydrogens is 919 g/mol. The van der Waals surface area contributed by atoms with Gasteiger partial charge in [0.1, 0.15) is 0 Å². The third-order valence-corrected chi connectivity index (χ3v) is 14.4. The van der Waals surface area contributed by atoms with Crippen LogP contribution in [0.25, 0.3) is 88.4 Å². The van der Waals surface area contributed by atoms with Crippen molar-refractivity contribution < 1.29 is 0 Å². The number of fused-ring (bicyclic) bond motifs is 2. The summed E-state index contributed by atoms with van der Waals surface area (Å²) in [7, 11) is 0. The van der Waals surface area contributed by atoms with Gasteiger partial charge in [-0.15, -0.1) is 0 Å². The van der Waals surface area contributed by atoms with Crippen LogP contribution in [0.15, 0.2) is 310 Å². The number of pyridine rings is 1. The first-order valence-corrected chi connectivity index (χ1v) is 25.9. The third-order valence-electron chi connectivity index (χ3n) is 14.4. The predicted molar refractivity (Wildman–Crippen MR) is 321 cm³/mol. The van der Waals surface area contributed by atoms with Gasteiger partial charge in [0.25, 0.3) is 0 Å². The molecule has 12 aromatic carbocycles. The van der Waals surface area contributed by atoms with E-state index in [1.165, 1.54) is 21.5 Å². The van der Waals surface area contributed by atoms with Gasteiger partial charge in [0.05, 0.1) is 17.6 Å². The smallest absolute Gasteiger partial charge is 0.0716 e. The van der Waals surface area contributed by atoms with E-state index in [2.05, 4.69) is 319 Å². The Labute approximate surface area is 444 Å². The molecule has 76 heavy (non-hydrogen) atoms. The molecule has 0 spiro atoms. The van der Waals surface area contributed by atoms with Crippen LogP contribution >= 0.6 is 0 Å². The predicted octanol–water partition coefficient (Wildman–Crippen LogP) is 20.3. The van der Waals surface area contributed by atoms with Crippen LogP contribution in [0, 0.1) is 0 Å². The molecule has 0 unspecified atom stereocenters. The largest absolute Gasteiger partial charge is 0.310 e. The van der Waals surface area contributed by atoms with Gasteiger partial charge >= 0.3 is 0 Å². The van der Waals surface area contributed by atoms with Gasteiger partial charge in [-0.25, -0.2) is 0 Å². The zero-order valence-corrected chi connectivity index (χ0v) is 41.8. The van der Waals surface area contributed by atoms with E-state index in [9.17, 15) is 0 Å². The molecular formula is C73H51N3. The van der Waals surface area contributed by atoms with Crippen LogP contribution in [0.1, 0.15) is 0 Å². The van der Waals surface area contributed by atoms with Crippen molar-refractivity contribution >= 4 is 55.7 Å². The fourth-order valence-electron chi connectivity index (χ4n) is 11.0. The Bertz CT molecular complexity index is 3840. The molecule has 0 atom stereocenters. The van der Waals surface area contributed by atoms with E-state index in [1.54, 1.807) is 0 Å². The summed E-state index contributed by atoms with van der Waals surface area (Å²) in [4.78, 5) is 10.3. The first-order chi connectivity index (χ1) is 37.7. The highest BCUT2D eigenvalue weighted by molar-refractivity contribution is 6.15. The Morgan fingerprint density at radius 2 is 0.487 bits per heavy atom. The molecule has 0 N–H and O–H groups in total. The summed E-state index contributed by atoms with van der Waals surface area (Å²) in [6.45, 7) is 0. The van der Waals surface area contributed by atoms with Crippen molar-refractivity contribution in [1.29, 1.82) is 0 Å². The van der Waals surface area contributed by atoms with E-state index < -0.39 is 0 Å². The van der Waals surface area contributed by atoms with Crippen molar-refractivity contribution in [2.45, 2.75) is 0 Å². The lowest BCUT2D eigenvalue weighted by atomic mass is 9.75. The number of para-hydroxylation sites is 2. The van der Waals surface area contributed by atoms with Crippen LogP contribution in [0.3, 0.4) is 0 Å². The highest BCUT2D eigenvalue weighted by Gasteiger charge is 2.30. The van der Waals surface area contributed by atoms with Crippen LogP contribution in [0.4, 0.5) is 34.1 Å². The van der Waals surface area contributed by atoms with E-state index in [0.29, 0.717) is 0 Å². The Balaban J connectivity index is 1.10. The van der Waals surface area contributed by atoms with Crippen molar-refractivity contribution in [1.82, 2.24) is 4.98 Å². The number of hydrogen-bond donors (Lipinski definition) is 0. The van der Waals surface area contributed by atoms with Crippen molar-refractivity contribution in [3.8, 4) is 66.9 Å². The average Bonchev–Trinajstić information content (AvgIpc) is 3.61. The van der Waals surface area contributed by atoms with E-state index in [4.69, 9.17) is 4.98 Å². The van der Waals surface area contributed by atoms with Gasteiger partial charge in [-0.1, -0.05) is 231 Å². The lowest BCUT2D eigenvalue weighted by molar-refractivity contribution is 1.23. The molecule has 0 radical (unpaired) electrons. The Morgan fingerprint density at radius 3 is 0.868 bits per heavy atom. The minimum absolute atomic E-state index is 0.865. The standard InChI is InChI=1S/C73H51N3/c1-7-25-54(26-8-1)68-69(55-27-9-2-10-28-55)71(57-31-13-4-14-32-57)73(67-48-47-66(51-74-67)76(62-37-17-6-18-38-62)65-46-40-53-24-20-22-34-60(53)50-65)72(70(68)56-29-11-3-12-30-56)58-41-43-63(44-42-58)75(61-35-15-5-16-36-61)64-45-39-52-23-19-21-33-59(52)49-64/h1-51H. The van der Waals surface area contributed by atoms with Gasteiger partial charge in [-0.3, -0.25) is 4.98 Å². The van der Waals surface area contributed by atoms with Crippen LogP contribution in [0.5, 0.6) is 0 Å². The average molecular weight is 970 g/mol. The first kappa shape index (κ1) is 45.7. The molecule has 0 bridgehead atoms. The van der Waals surface area contributed by atoms with Gasteiger partial charge < -0.3 is 9.80 Å². The third kappa shape index (κ3) is 8.76. The maximum atomic E-state index is 5.63. The maximum Gasteiger partial charge on any atom is 0.0716 e. The van der Waals surface area contributed by atoms with Crippen LogP contribution in [0.2, 0.25) is 0 Å². The molecule has 3 heteroatoms. The van der Waals surface area contributed by atoms with Gasteiger partial charge in [0.15, 0.2) is 0 Å². The summed E-state index contributed by atoms with van der Waals surface area (Å²) in [5, 5.41) is 4.78. The molecule has 13 aromatic rings. The number of nitrogens with zero attached hydrogens (tertiary/aromatic N) is 3. The van der Waals surface area contributed by atoms with Gasteiger partial charge in [0.2, 0.25) is 0 Å². The highest BCUT2D eigenvalue weighted by atomic mass is 15.2. The SMILES string of the molecule is c1ccc(-c2c(-c3ccccc3)c(-c3ccccc3)c(-c3ccc(N(c4ccccc4)c4ccc5ccccc5c4)cn3)c(-c3ccc(N(c4ccccc4)c4ccc5ccccc5c4)cc3)c2-c2ccccc2)cc1. The van der Waals surface area contributed by atoms with E-state index in [1.807, 2.05) is 0 Å². The van der Waals surface area contributed by atoms with Crippen molar-refractivity contribution in [2.24, 2.45) is 0 Å². The quantitative estimate of drug-likeness (QED) is 0.122. The lowest BCUT2D eigenvalue weighted by Gasteiger charge is -2.29. The zero-order valence-electron chi connectivity index (χ0n) is 41.8. The summed E-state index contributed by atoms with van der Waals surface area (Å²) in [5.41, 5.74) is 19.4. The van der Waals surface area contributed by atoms with E-state index in [0.717, 1.165) is 101 Å². The van der Waals surface area contributed by atoms with Gasteiger partial charge in [-0.2, -0.15) is 0 Å². The molecule has 0 aliphatic rings. The van der Waals surface area contributed by atoms with Crippen LogP contribution in [-0.2, 0) is 0 Å². The van der Waals surface area contributed by atoms with Crippen LogP contribution < -0.4 is 9.80 Å². The maximum absolute atomic E-state index is 5.63. The molecule has 0 aliphatic carbocycles. The first-order valence-electron chi connectivity index (χ1n) is 25.9. The van der Waals surface area contributed by atoms with Crippen molar-refractivity contribution in [2.75, 3.05) is 9.80 Å². The second-order valence-corrected chi connectivity index (χ2v) is 19.1. The monoisotopic (exact) mass is 969 g/mol. The summed E-state index contributed by atoms with van der Waals surface area (Å²) in [6.07, 6.45) is 2.05. The summed E-state index contributed by atoms with van der Waals surface area (Å²) >= 11 is 0. The molecule has 0 aliphatic heterocycles. The van der Waals surface area contributed by atoms with Gasteiger partial charge in [0, 0.05) is 45.1 Å². The van der Waals surface area contributed by atoms with E-state index in [-0.39, 0.29) is 0 Å². The Kier molecular flexibility index (Phi) is 12.3. The molecule has 3 nitrogen and oxygen atoms in total. The zero-order chi connectivity index (χ0) is 50.6. The number of anilines is 6. The van der Waals surface area contributed by atoms with Crippen molar-refractivity contribution in [3.63, 3.8) is 0 Å². The van der Waals surface area contributed by atoms with Crippen LogP contribution in [-0.4, -0.2) is 4.98 Å². The molecule has 13 rings (SSSR count). The van der Waals surface area contributed by atoms with E-state index >= 15 is 0 Å². The Hall–Kier alpha value is -10.1. The molecule has 0 fully saturated rings. The normalized spacial score (nSPS) is 11.2. The van der Waals surface area contributed by atoms with Gasteiger partial charge in [-0.05, 0) is 139 Å². The summed E-state index contributed by atoms with van der Waals surface area (Å²) < 4.78 is 0. The highest BCUT2D eigenvalue weighted by Crippen LogP contribution is 2.56. The lowest BCUT2D eigenvalue weighted by Crippen LogP contribution is -2.10. The topological polar surface area (TPSA) is 19.4 Å². The second kappa shape index (κ2) is 20.4. The number of aromatic nitrogens is 1. The number of hydrogen-bond acceptors (Lipinski definition) is 3. The molecule has 1 aromatic heterocycles. The second-order valence-electron chi connectivity index (χ2n) is 19.1. The summed E-state index contributed by atoms with van der Waals surface area (Å²) in [5.74, 6) is 0. The fraction of sp³-hybridized carbons (Fsp3) is 0. The summed E-state index contributed by atoms with van der Waals surface area (Å²) in [6, 6.07) is 109. The molecule has 358 valence electrons. The van der Waals surface area contributed by atoms with Crippen molar-refractivity contribution in [3.05, 3.63) is 310 Å². The Morgan fingerprint density at radius 1 is 0.197 bits per heavy atom. The molecule has 0 saturated carbocycles. The molecule has 0 amide bonds. The number of rotatable bonds is 12. The molecule has 0 saturated heterocycles. The fourth-order valence-corrected chi connectivity index (χ4v) is 11.0. The minimum atomic E-state index is 0.865. The number of benzene rings is 12.